The number of carbonyl (C=O) groups is 1. The topological polar surface area (TPSA) is 47.8 Å². The third-order valence-corrected chi connectivity index (χ3v) is 4.81. The monoisotopic (exact) mass is 303 g/mol. The lowest BCUT2D eigenvalue weighted by Gasteiger charge is -1.95. The van der Waals surface area contributed by atoms with E-state index in [1.165, 1.54) is 11.3 Å². The van der Waals surface area contributed by atoms with Gasteiger partial charge in [-0.1, -0.05) is 35.1 Å². The highest BCUT2D eigenvalue weighted by molar-refractivity contribution is 7.20. The van der Waals surface area contributed by atoms with E-state index >= 15 is 0 Å². The van der Waals surface area contributed by atoms with Gasteiger partial charge in [-0.3, -0.25) is 4.79 Å². The SMILES string of the molecule is O=Cc1c(C2CC2)nn(-c2nc3ccccc3s2)c1Cl. The number of aldehydes is 1. The third-order valence-electron chi connectivity index (χ3n) is 3.44. The molecule has 0 spiro atoms. The van der Waals surface area contributed by atoms with E-state index in [-0.39, 0.29) is 0 Å². The number of hydrogen-bond donors (Lipinski definition) is 0. The van der Waals surface area contributed by atoms with Crippen molar-refractivity contribution in [3.05, 3.63) is 40.7 Å². The van der Waals surface area contributed by atoms with Crippen molar-refractivity contribution in [2.75, 3.05) is 0 Å². The number of carbonyl (C=O) groups excluding carboxylic acids is 1. The largest absolute Gasteiger partial charge is 0.298 e. The van der Waals surface area contributed by atoms with Crippen LogP contribution in [0.4, 0.5) is 0 Å². The summed E-state index contributed by atoms with van der Waals surface area (Å²) in [5.74, 6) is 0.378. The number of aromatic nitrogens is 3. The molecule has 0 amide bonds. The van der Waals surface area contributed by atoms with Crippen LogP contribution in [0.2, 0.25) is 5.15 Å². The van der Waals surface area contributed by atoms with Crippen molar-refractivity contribution in [3.63, 3.8) is 0 Å². The van der Waals surface area contributed by atoms with Crippen LogP contribution in [0.25, 0.3) is 15.3 Å². The van der Waals surface area contributed by atoms with Crippen LogP contribution in [0.1, 0.15) is 34.8 Å². The normalized spacial score (nSPS) is 14.8. The molecule has 1 aromatic carbocycles. The van der Waals surface area contributed by atoms with Crippen LogP contribution in [0.3, 0.4) is 0 Å². The molecule has 0 saturated heterocycles. The molecule has 100 valence electrons. The lowest BCUT2D eigenvalue weighted by atomic mass is 10.2. The van der Waals surface area contributed by atoms with E-state index in [4.69, 9.17) is 11.6 Å². The Balaban J connectivity index is 1.90. The lowest BCUT2D eigenvalue weighted by Crippen LogP contribution is -1.96. The van der Waals surface area contributed by atoms with Gasteiger partial charge in [-0.15, -0.1) is 0 Å². The maximum absolute atomic E-state index is 11.2. The number of rotatable bonds is 3. The summed E-state index contributed by atoms with van der Waals surface area (Å²) >= 11 is 7.82. The van der Waals surface area contributed by atoms with E-state index in [1.54, 1.807) is 4.68 Å². The second kappa shape index (κ2) is 4.40. The predicted molar refractivity (Wildman–Crippen MR) is 79.1 cm³/mol. The molecule has 6 heteroatoms. The summed E-state index contributed by atoms with van der Waals surface area (Å²) in [6, 6.07) is 7.88. The number of nitrogens with zero attached hydrogens (tertiary/aromatic N) is 3. The Kier molecular flexibility index (Phi) is 2.65. The molecule has 0 bridgehead atoms. The van der Waals surface area contributed by atoms with Gasteiger partial charge in [-0.2, -0.15) is 9.78 Å². The summed E-state index contributed by atoms with van der Waals surface area (Å²) in [7, 11) is 0. The zero-order chi connectivity index (χ0) is 13.7. The lowest BCUT2D eigenvalue weighted by molar-refractivity contribution is 0.112. The molecule has 0 atom stereocenters. The van der Waals surface area contributed by atoms with Crippen molar-refractivity contribution in [1.29, 1.82) is 0 Å². The summed E-state index contributed by atoms with van der Waals surface area (Å²) in [5.41, 5.74) is 2.23. The van der Waals surface area contributed by atoms with Gasteiger partial charge in [0, 0.05) is 5.92 Å². The minimum Gasteiger partial charge on any atom is -0.298 e. The predicted octanol–water partition coefficient (Wildman–Crippen LogP) is 3.83. The van der Waals surface area contributed by atoms with Gasteiger partial charge in [0.2, 0.25) is 5.13 Å². The molecular weight excluding hydrogens is 294 g/mol. The Morgan fingerprint density at radius 1 is 1.35 bits per heavy atom. The van der Waals surface area contributed by atoms with Crippen LogP contribution in [0.15, 0.2) is 24.3 Å². The van der Waals surface area contributed by atoms with Crippen molar-refractivity contribution >= 4 is 39.4 Å². The third kappa shape index (κ3) is 1.77. The van der Waals surface area contributed by atoms with E-state index < -0.39 is 0 Å². The summed E-state index contributed by atoms with van der Waals surface area (Å²) in [4.78, 5) is 15.8. The van der Waals surface area contributed by atoms with Crippen molar-refractivity contribution in [2.24, 2.45) is 0 Å². The van der Waals surface area contributed by atoms with E-state index in [0.29, 0.717) is 21.8 Å². The fraction of sp³-hybridized carbons (Fsp3) is 0.214. The maximum Gasteiger partial charge on any atom is 0.212 e. The Morgan fingerprint density at radius 2 is 2.15 bits per heavy atom. The molecular formula is C14H10ClN3OS. The fourth-order valence-electron chi connectivity index (χ4n) is 2.27. The van der Waals surface area contributed by atoms with Crippen molar-refractivity contribution in [2.45, 2.75) is 18.8 Å². The molecule has 0 N–H and O–H groups in total. The minimum absolute atomic E-state index is 0.362. The first-order valence-corrected chi connectivity index (χ1v) is 7.57. The van der Waals surface area contributed by atoms with Crippen LogP contribution in [-0.2, 0) is 0 Å². The number of thiazole rings is 1. The van der Waals surface area contributed by atoms with Gasteiger partial charge < -0.3 is 0 Å². The zero-order valence-corrected chi connectivity index (χ0v) is 12.0. The molecule has 1 fully saturated rings. The van der Waals surface area contributed by atoms with Gasteiger partial charge in [-0.25, -0.2) is 4.98 Å². The quantitative estimate of drug-likeness (QED) is 0.691. The zero-order valence-electron chi connectivity index (χ0n) is 10.4. The molecule has 0 aliphatic heterocycles. The van der Waals surface area contributed by atoms with Gasteiger partial charge in [0.1, 0.15) is 5.15 Å². The molecule has 0 radical (unpaired) electrons. The molecule has 4 rings (SSSR count). The van der Waals surface area contributed by atoms with Gasteiger partial charge >= 0.3 is 0 Å². The number of hydrogen-bond acceptors (Lipinski definition) is 4. The van der Waals surface area contributed by atoms with Crippen LogP contribution < -0.4 is 0 Å². The number of halogens is 1. The second-order valence-electron chi connectivity index (χ2n) is 4.86. The van der Waals surface area contributed by atoms with Crippen LogP contribution >= 0.6 is 22.9 Å². The van der Waals surface area contributed by atoms with E-state index in [1.807, 2.05) is 24.3 Å². The Hall–Kier alpha value is -1.72. The summed E-state index contributed by atoms with van der Waals surface area (Å²) < 4.78 is 2.67. The minimum atomic E-state index is 0.362. The Bertz CT molecular complexity index is 786. The van der Waals surface area contributed by atoms with Gasteiger partial charge in [-0.05, 0) is 25.0 Å². The Morgan fingerprint density at radius 3 is 2.85 bits per heavy atom. The highest BCUT2D eigenvalue weighted by atomic mass is 35.5. The molecule has 2 heterocycles. The summed E-state index contributed by atoms with van der Waals surface area (Å²) in [6.45, 7) is 0. The van der Waals surface area contributed by atoms with Gasteiger partial charge in [0.15, 0.2) is 6.29 Å². The molecule has 4 nitrogen and oxygen atoms in total. The Labute approximate surface area is 124 Å². The highest BCUT2D eigenvalue weighted by Crippen LogP contribution is 2.42. The second-order valence-corrected chi connectivity index (χ2v) is 6.22. The molecule has 1 saturated carbocycles. The standard InChI is InChI=1S/C14H10ClN3OS/c15-13-9(7-19)12(8-5-6-8)17-18(13)14-16-10-3-1-2-4-11(10)20-14/h1-4,7-8H,5-6H2. The first kappa shape index (κ1) is 12.1. The highest BCUT2D eigenvalue weighted by Gasteiger charge is 2.32. The van der Waals surface area contributed by atoms with Crippen molar-refractivity contribution < 1.29 is 4.79 Å². The number of fused-ring (bicyclic) bond motifs is 1. The van der Waals surface area contributed by atoms with Crippen LogP contribution in [0.5, 0.6) is 0 Å². The number of benzene rings is 1. The van der Waals surface area contributed by atoms with E-state index in [9.17, 15) is 4.79 Å². The van der Waals surface area contributed by atoms with Crippen molar-refractivity contribution in [1.82, 2.24) is 14.8 Å². The van der Waals surface area contributed by atoms with E-state index in [0.717, 1.165) is 35.0 Å². The molecule has 0 unspecified atom stereocenters. The molecule has 20 heavy (non-hydrogen) atoms. The first-order valence-electron chi connectivity index (χ1n) is 6.37. The van der Waals surface area contributed by atoms with Gasteiger partial charge in [0.05, 0.1) is 21.5 Å². The number of para-hydroxylation sites is 1. The maximum atomic E-state index is 11.2. The molecule has 1 aliphatic carbocycles. The van der Waals surface area contributed by atoms with Gasteiger partial charge in [0.25, 0.3) is 0 Å². The van der Waals surface area contributed by atoms with Crippen molar-refractivity contribution in [3.8, 4) is 5.13 Å². The molecule has 2 aromatic heterocycles. The molecule has 1 aliphatic rings. The first-order chi connectivity index (χ1) is 9.78. The van der Waals surface area contributed by atoms with Crippen LogP contribution in [-0.4, -0.2) is 21.1 Å². The summed E-state index contributed by atoms with van der Waals surface area (Å²) in [5, 5.41) is 5.57. The average molecular weight is 304 g/mol. The average Bonchev–Trinajstić information content (AvgIpc) is 3.12. The summed E-state index contributed by atoms with van der Waals surface area (Å²) in [6.07, 6.45) is 2.95. The molecule has 3 aromatic rings. The smallest absolute Gasteiger partial charge is 0.212 e. The van der Waals surface area contributed by atoms with Crippen LogP contribution in [0, 0.1) is 0 Å². The van der Waals surface area contributed by atoms with E-state index in [2.05, 4.69) is 10.1 Å². The fourth-order valence-corrected chi connectivity index (χ4v) is 3.50.